The number of amides is 21. The second kappa shape index (κ2) is 64.9. The Balaban J connectivity index is 1.50. The van der Waals surface area contributed by atoms with Gasteiger partial charge in [-0.05, 0) is 142 Å². The van der Waals surface area contributed by atoms with Crippen LogP contribution in [0.4, 0.5) is 0 Å². The average Bonchev–Trinajstić information content (AvgIpc) is 1.66. The summed E-state index contributed by atoms with van der Waals surface area (Å²) in [4.78, 5) is 306. The highest BCUT2D eigenvalue weighted by Gasteiger charge is 2.40. The van der Waals surface area contributed by atoms with Crippen molar-refractivity contribution >= 4 is 153 Å². The number of fused-ring (bicyclic) bond motifs is 1. The van der Waals surface area contributed by atoms with Gasteiger partial charge in [0.25, 0.3) is 0 Å². The molecule has 4 rings (SSSR count). The predicted octanol–water partition coefficient (Wildman–Crippen LogP) is -1.38. The molecule has 0 fully saturated rings. The Morgan fingerprint density at radius 3 is 1.07 bits per heavy atom. The molecule has 0 saturated heterocycles. The summed E-state index contributed by atoms with van der Waals surface area (Å²) in [6, 6.07) is 2.37. The zero-order valence-corrected chi connectivity index (χ0v) is 89.3. The molecular formula is C102H157N23O23S. The first kappa shape index (κ1) is 127. The van der Waals surface area contributed by atoms with E-state index < -0.39 is 284 Å². The van der Waals surface area contributed by atoms with Gasteiger partial charge in [0.15, 0.2) is 0 Å². The number of carboxylic acid groups (broad SMARTS) is 1. The summed E-state index contributed by atoms with van der Waals surface area (Å²) in [6.45, 7) is 25.3. The second-order valence-electron chi connectivity index (χ2n) is 39.6. The summed E-state index contributed by atoms with van der Waals surface area (Å²) in [5, 5.41) is 58.9. The third-order valence-corrected chi connectivity index (χ3v) is 24.8. The summed E-state index contributed by atoms with van der Waals surface area (Å²) in [6.07, 6.45) is 2.38. The zero-order chi connectivity index (χ0) is 112. The molecule has 21 amide bonds. The van der Waals surface area contributed by atoms with Gasteiger partial charge in [0.05, 0.1) is 32.1 Å². The lowest BCUT2D eigenvalue weighted by Gasteiger charge is -2.29. The number of hydrogen-bond donors (Lipinski definition) is 24. The number of carbonyl (C=O) groups is 22. The van der Waals surface area contributed by atoms with Gasteiger partial charge in [0.2, 0.25) is 124 Å². The number of benzene rings is 3. The molecule has 1 aromatic heterocycles. The first-order chi connectivity index (χ1) is 70.1. The van der Waals surface area contributed by atoms with Crippen LogP contribution < -0.4 is 118 Å². The highest BCUT2D eigenvalue weighted by molar-refractivity contribution is 7.98. The fourth-order valence-electron chi connectivity index (χ4n) is 15.6. The van der Waals surface area contributed by atoms with Crippen LogP contribution in [0.25, 0.3) is 10.9 Å². The molecular weight excluding hydrogens is 1950 g/mol. The van der Waals surface area contributed by atoms with Gasteiger partial charge in [-0.25, -0.2) is 0 Å². The summed E-state index contributed by atoms with van der Waals surface area (Å²) < 4.78 is 0. The Labute approximate surface area is 873 Å². The van der Waals surface area contributed by atoms with Gasteiger partial charge < -0.3 is 128 Å². The van der Waals surface area contributed by atoms with E-state index in [4.69, 9.17) is 17.2 Å². The van der Waals surface area contributed by atoms with Crippen LogP contribution in [0.5, 0.6) is 0 Å². The van der Waals surface area contributed by atoms with Gasteiger partial charge in [-0.3, -0.25) is 105 Å². The zero-order valence-electron chi connectivity index (χ0n) is 88.4. The van der Waals surface area contributed by atoms with Gasteiger partial charge in [0, 0.05) is 42.8 Å². The van der Waals surface area contributed by atoms with Crippen LogP contribution in [0.1, 0.15) is 205 Å². The topological polar surface area (TPSA) is 718 Å². The standard InChI is InChI=1S/C102H157N23O23S/c1-19-58(13)85(101(147)110-52-84(131)132)124-100(146)77(46-65-48-106-68-34-28-27-33-66(65)68)116-83(130)51-109-92(138)71(40-54(5)6)121-98(144)76(45-64-31-25-22-26-32-64)118-89(135)62(17)113-94(140)73(42-56(9)10)123-102(148)86(59(14)20-2)125-99(145)75(44-63-29-23-21-24-30-63)115-82(129)50-108-91(137)70(39-53(3)4)120-97(143)74(43-57(11)12)122-93(139)69(35-36-79(104)126)117-96(142)72(41-55(7)8)114-81(128)49-107-87(133)60(15)112-95(141)78(47-80(105)127)119-88(134)61(16)111-90(136)67(103)37-38-149-18/h21-34,48,53-62,67,69-78,85-86,106H,19-20,35-47,49-52,103H2,1-18H3,(H2,104,126)(H2,105,127)(H,107,133)(H,108,137)(H,109,138)(H,110,147)(H,111,136)(H,112,141)(H,113,140)(H,114,128)(H,115,129)(H,116,130)(H,117,142)(H,118,135)(H,119,134)(H,120,143)(H,121,144)(H,122,139)(H,123,148)(H,124,146)(H,125,145)(H,131,132)/t58-,59-,60-,61-,62-,67-,69-,70-,71-,72-,73-,74-,75-,76-,77-,78-,85-,86-/m0/s1. The molecule has 149 heavy (non-hydrogen) atoms. The Hall–Kier alpha value is -14.1. The van der Waals surface area contributed by atoms with Crippen LogP contribution in [0.3, 0.4) is 0 Å². The molecule has 0 radical (unpaired) electrons. The van der Waals surface area contributed by atoms with Crippen LogP contribution in [0, 0.1) is 41.4 Å². The lowest BCUT2D eigenvalue weighted by molar-refractivity contribution is -0.139. The number of aromatic amines is 1. The molecule has 0 aliphatic rings. The fraction of sp³-hybridized carbons (Fsp3) is 0.588. The summed E-state index contributed by atoms with van der Waals surface area (Å²) in [7, 11) is 0. The molecule has 4 aromatic rings. The van der Waals surface area contributed by atoms with Crippen molar-refractivity contribution in [1.82, 2.24) is 106 Å². The molecule has 824 valence electrons. The molecule has 0 unspecified atom stereocenters. The number of aliphatic carboxylic acids is 1. The number of aromatic nitrogens is 1. The molecule has 0 aliphatic carbocycles. The molecule has 0 bridgehead atoms. The van der Waals surface area contributed by atoms with Gasteiger partial charge in [-0.1, -0.05) is 189 Å². The lowest BCUT2D eigenvalue weighted by Crippen LogP contribution is -2.61. The fourth-order valence-corrected chi connectivity index (χ4v) is 16.1. The number of nitrogens with two attached hydrogens (primary N) is 3. The number of para-hydroxylation sites is 1. The number of rotatable bonds is 67. The van der Waals surface area contributed by atoms with E-state index in [1.54, 1.807) is 176 Å². The number of carboxylic acids is 1. The van der Waals surface area contributed by atoms with Crippen molar-refractivity contribution in [3.05, 3.63) is 108 Å². The molecule has 0 saturated carbocycles. The van der Waals surface area contributed by atoms with E-state index in [2.05, 4.69) is 106 Å². The molecule has 0 spiro atoms. The number of nitrogens with one attached hydrogen (secondary N) is 20. The Morgan fingerprint density at radius 1 is 0.322 bits per heavy atom. The third kappa shape index (κ3) is 46.9. The normalized spacial score (nSPS) is 14.9. The van der Waals surface area contributed by atoms with Crippen LogP contribution in [0.2, 0.25) is 0 Å². The summed E-state index contributed by atoms with van der Waals surface area (Å²) >= 11 is 1.46. The predicted molar refractivity (Wildman–Crippen MR) is 557 cm³/mol. The Morgan fingerprint density at radius 2 is 0.644 bits per heavy atom. The van der Waals surface area contributed by atoms with Gasteiger partial charge in [-0.2, -0.15) is 11.8 Å². The van der Waals surface area contributed by atoms with E-state index >= 15 is 0 Å². The maximum Gasteiger partial charge on any atom is 0.322 e. The van der Waals surface area contributed by atoms with Crippen molar-refractivity contribution in [3.8, 4) is 0 Å². The third-order valence-electron chi connectivity index (χ3n) is 24.2. The van der Waals surface area contributed by atoms with Crippen molar-refractivity contribution in [2.24, 2.45) is 58.6 Å². The van der Waals surface area contributed by atoms with Crippen LogP contribution in [-0.2, 0) is 125 Å². The minimum atomic E-state index is -1.62. The second-order valence-corrected chi connectivity index (χ2v) is 40.6. The summed E-state index contributed by atoms with van der Waals surface area (Å²) in [5.74, 6) is -21.6. The van der Waals surface area contributed by atoms with Crippen molar-refractivity contribution in [3.63, 3.8) is 0 Å². The maximum atomic E-state index is 14.9. The van der Waals surface area contributed by atoms with Crippen molar-refractivity contribution in [2.45, 2.75) is 304 Å². The van der Waals surface area contributed by atoms with Crippen molar-refractivity contribution in [2.75, 3.05) is 38.2 Å². The summed E-state index contributed by atoms with van der Waals surface area (Å²) in [5.41, 5.74) is 19.3. The Bertz CT molecular complexity index is 5200. The first-order valence-corrected chi connectivity index (χ1v) is 51.8. The maximum absolute atomic E-state index is 14.9. The van der Waals surface area contributed by atoms with Crippen molar-refractivity contribution < 1.29 is 111 Å². The molecule has 27 N–H and O–H groups in total. The van der Waals surface area contributed by atoms with Crippen LogP contribution >= 0.6 is 11.8 Å². The molecule has 1 heterocycles. The molecule has 3 aromatic carbocycles. The van der Waals surface area contributed by atoms with Gasteiger partial charge in [0.1, 0.15) is 97.2 Å². The van der Waals surface area contributed by atoms with E-state index in [0.717, 1.165) is 10.9 Å². The number of hydrogen-bond acceptors (Lipinski definition) is 24. The monoisotopic (exact) mass is 2100 g/mol. The lowest BCUT2D eigenvalue weighted by atomic mass is 9.95. The minimum Gasteiger partial charge on any atom is -0.480 e. The molecule has 46 nitrogen and oxygen atoms in total. The van der Waals surface area contributed by atoms with Crippen LogP contribution in [-0.4, -0.2) is 275 Å². The van der Waals surface area contributed by atoms with Gasteiger partial charge >= 0.3 is 5.97 Å². The Kier molecular flexibility index (Phi) is 55.3. The highest BCUT2D eigenvalue weighted by Crippen LogP contribution is 2.22. The van der Waals surface area contributed by atoms with E-state index in [1.165, 1.54) is 32.5 Å². The van der Waals surface area contributed by atoms with Crippen LogP contribution in [0.15, 0.2) is 91.1 Å². The first-order valence-electron chi connectivity index (χ1n) is 50.4. The van der Waals surface area contributed by atoms with E-state index in [9.17, 15) is 111 Å². The van der Waals surface area contributed by atoms with Gasteiger partial charge in [-0.15, -0.1) is 0 Å². The van der Waals surface area contributed by atoms with E-state index in [1.807, 2.05) is 18.4 Å². The number of carbonyl (C=O) groups excluding carboxylic acids is 21. The quantitative estimate of drug-likeness (QED) is 0.0242. The smallest absolute Gasteiger partial charge is 0.322 e. The largest absolute Gasteiger partial charge is 0.480 e. The minimum absolute atomic E-state index is 0.00287. The number of thioether (sulfide) groups is 1. The van der Waals surface area contributed by atoms with E-state index in [-0.39, 0.29) is 87.4 Å². The van der Waals surface area contributed by atoms with Crippen molar-refractivity contribution in [1.29, 1.82) is 0 Å². The SMILES string of the molecule is CC[C@H](C)[C@H](NC(=O)[C@H](Cc1c[nH]c2ccccc12)NC(=O)CNC(=O)[C@H](CC(C)C)NC(=O)[C@H](Cc1ccccc1)NC(=O)[C@H](C)NC(=O)[C@H](CC(C)C)NC(=O)[C@@H](NC(=O)[C@H](Cc1ccccc1)NC(=O)CNC(=O)[C@H](CC(C)C)NC(=O)[C@H](CC(C)C)NC(=O)[C@H](CCC(N)=O)NC(=O)[C@H](CC(C)C)NC(=O)CNC(=O)[C@H](C)NC(=O)[C@H](CC(N)=O)NC(=O)[C@H](C)NC(=O)[C@@H](N)CCSC)[C@@H](C)CC)C(=O)NCC(=O)O. The number of H-pyrrole nitrogens is 1. The average molecular weight is 2110 g/mol. The number of primary amides is 2. The highest BCUT2D eigenvalue weighted by atomic mass is 32.2. The molecule has 18 atom stereocenters. The van der Waals surface area contributed by atoms with E-state index in [0.29, 0.717) is 35.3 Å². The molecule has 0 aliphatic heterocycles. The molecule has 47 heteroatoms.